The Morgan fingerprint density at radius 3 is 1.12 bits per heavy atom. The molecule has 0 spiro atoms. The number of hydrogen-bond acceptors (Lipinski definition) is 4. The van der Waals surface area contributed by atoms with Crippen LogP contribution in [-0.4, -0.2) is 0 Å². The maximum absolute atomic E-state index is 8.62. The normalized spacial score (nSPS) is 9.81. The summed E-state index contributed by atoms with van der Waals surface area (Å²) >= 11 is -5.98. The van der Waals surface area contributed by atoms with Crippen LogP contribution in [0.25, 0.3) is 0 Å². The summed E-state index contributed by atoms with van der Waals surface area (Å²) in [5.41, 5.74) is 8.28. The van der Waals surface area contributed by atoms with Crippen molar-refractivity contribution in [3.63, 3.8) is 0 Å². The molecule has 4 nitrogen and oxygen atoms in total. The van der Waals surface area contributed by atoms with E-state index in [4.69, 9.17) is 13.7 Å². The molecule has 0 atom stereocenters. The average Bonchev–Trinajstić information content (AvgIpc) is 2.58. The van der Waals surface area contributed by atoms with Crippen molar-refractivity contribution in [3.8, 4) is 0 Å². The van der Waals surface area contributed by atoms with Gasteiger partial charge in [-0.1, -0.05) is 70.8 Å². The minimum absolute atomic E-state index is 0. The number of hydrogen-bond donors (Lipinski definition) is 0. The summed E-state index contributed by atoms with van der Waals surface area (Å²) in [4.78, 5) is 0. The molecule has 0 amide bonds. The second-order valence-corrected chi connectivity index (χ2v) is 12.2. The molecule has 0 aliphatic rings. The molecule has 32 heavy (non-hydrogen) atoms. The van der Waals surface area contributed by atoms with Crippen molar-refractivity contribution in [2.75, 3.05) is 0 Å². The molecule has 170 valence electrons. The summed E-state index contributed by atoms with van der Waals surface area (Å²) in [6.07, 6.45) is 0. The molecule has 3 aromatic carbocycles. The van der Waals surface area contributed by atoms with E-state index in [0.29, 0.717) is 0 Å². The maximum Gasteiger partial charge on any atom is 1.00 e. The quantitative estimate of drug-likeness (QED) is 0.193. The van der Waals surface area contributed by atoms with E-state index in [1.165, 1.54) is 33.4 Å². The summed E-state index contributed by atoms with van der Waals surface area (Å²) < 4.78 is 37.6. The minimum atomic E-state index is -5.94. The van der Waals surface area contributed by atoms with Crippen LogP contribution >= 0.6 is 0 Å². The molecule has 0 fully saturated rings. The Labute approximate surface area is 241 Å². The largest absolute Gasteiger partial charge is 1.00 e. The summed E-state index contributed by atoms with van der Waals surface area (Å²) in [6.45, 7) is 13.0. The second-order valence-electron chi connectivity index (χ2n) is 7.14. The molecule has 3 rings (SSSR count). The van der Waals surface area contributed by atoms with Crippen molar-refractivity contribution < 1.29 is 102 Å². The molecule has 0 saturated carbocycles. The van der Waals surface area contributed by atoms with Gasteiger partial charge in [0, 0.05) is 11.1 Å². The van der Waals surface area contributed by atoms with Gasteiger partial charge in [0.1, 0.15) is 20.1 Å². The van der Waals surface area contributed by atoms with Crippen molar-refractivity contribution in [1.29, 1.82) is 0 Å². The molecular formula is C24H28BrI2NaO4. The molecule has 0 unspecified atom stereocenters. The third kappa shape index (κ3) is 16.1. The molecule has 0 radical (unpaired) electrons. The fourth-order valence-electron chi connectivity index (χ4n) is 2.72. The molecule has 8 heteroatoms. The first-order valence-electron chi connectivity index (χ1n) is 9.29. The Morgan fingerprint density at radius 2 is 0.875 bits per heavy atom. The van der Waals surface area contributed by atoms with Crippen LogP contribution in [0.2, 0.25) is 0 Å². The molecule has 0 saturated heterocycles. The predicted octanol–water partition coefficient (Wildman–Crippen LogP) is -10.4. The van der Waals surface area contributed by atoms with Gasteiger partial charge < -0.3 is 17.0 Å². The van der Waals surface area contributed by atoms with Gasteiger partial charge in [-0.25, -0.2) is 0 Å². The van der Waals surface area contributed by atoms with E-state index < -0.39 is 20.1 Å². The summed E-state index contributed by atoms with van der Waals surface area (Å²) in [7, 11) is 0. The molecule has 0 aromatic heterocycles. The smallest absolute Gasteiger partial charge is 1.00 e. The van der Waals surface area contributed by atoms with Crippen molar-refractivity contribution in [3.05, 3.63) is 101 Å². The van der Waals surface area contributed by atoms with Crippen LogP contribution in [0.15, 0.2) is 60.7 Å². The van der Waals surface area contributed by atoms with Crippen LogP contribution in [0.4, 0.5) is 0 Å². The molecule has 0 N–H and O–H groups in total. The monoisotopic (exact) mass is 736 g/mol. The van der Waals surface area contributed by atoms with E-state index in [0.717, 1.165) is 0 Å². The van der Waals surface area contributed by atoms with Gasteiger partial charge in [-0.2, -0.15) is 0 Å². The van der Waals surface area contributed by atoms with Gasteiger partial charge in [0.25, 0.3) is 0 Å². The van der Waals surface area contributed by atoms with Crippen LogP contribution in [0.3, 0.4) is 0 Å². The standard InChI is InChI=1S/C16H18I.C8H10.BrH.IO4.Na/c1-11-5-7-15(13(3)9-11)17-16-8-6-12(2)10-14(16)4;1-7-4-3-5-8(2)6-7;;2-1(3,4)5;/h5-10H,1-4H3;3-6H,1-2H3;1H;;/q+1;;;-1;+1/p-1. The topological polar surface area (TPSA) is 92.2 Å². The zero-order valence-electron chi connectivity index (χ0n) is 19.5. The Balaban J connectivity index is 0. The third-order valence-corrected chi connectivity index (χ3v) is 7.59. The Bertz CT molecular complexity index is 890. The van der Waals surface area contributed by atoms with E-state index in [1.54, 1.807) is 7.14 Å². The molecule has 0 aliphatic carbocycles. The van der Waals surface area contributed by atoms with Crippen LogP contribution in [-0.2, 0) is 0 Å². The van der Waals surface area contributed by atoms with E-state index in [2.05, 4.69) is 102 Å². The zero-order chi connectivity index (χ0) is 22.9. The van der Waals surface area contributed by atoms with E-state index in [1.807, 2.05) is 0 Å². The number of halogens is 3. The SMILES string of the molecule is Cc1ccc([I+]c2ccc(C)cc2C)c(C)c1.Cc1cccc(C)c1.[Br-].[Na+].[O-][I+3]([O-])([O-])[O-]. The van der Waals surface area contributed by atoms with Crippen molar-refractivity contribution in [2.45, 2.75) is 41.5 Å². The Morgan fingerprint density at radius 1 is 0.562 bits per heavy atom. The summed E-state index contributed by atoms with van der Waals surface area (Å²) in [5, 5.41) is 0. The fraction of sp³-hybridized carbons (Fsp3) is 0.250. The van der Waals surface area contributed by atoms with Gasteiger partial charge in [-0.15, -0.1) is 0 Å². The minimum Gasteiger partial charge on any atom is -1.00 e. The van der Waals surface area contributed by atoms with Crippen molar-refractivity contribution in [1.82, 2.24) is 0 Å². The molecular weight excluding hydrogens is 709 g/mol. The van der Waals surface area contributed by atoms with Crippen molar-refractivity contribution in [2.24, 2.45) is 0 Å². The van der Waals surface area contributed by atoms with E-state index >= 15 is 0 Å². The van der Waals surface area contributed by atoms with Crippen LogP contribution in [0, 0.1) is 48.7 Å². The van der Waals surface area contributed by atoms with Gasteiger partial charge in [-0.3, -0.25) is 13.7 Å². The summed E-state index contributed by atoms with van der Waals surface area (Å²) in [6, 6.07) is 22.1. The summed E-state index contributed by atoms with van der Waals surface area (Å²) in [5.74, 6) is 0. The van der Waals surface area contributed by atoms with Gasteiger partial charge >= 0.3 is 50.8 Å². The van der Waals surface area contributed by atoms with Crippen LogP contribution in [0.5, 0.6) is 0 Å². The van der Waals surface area contributed by atoms with Gasteiger partial charge in [0.15, 0.2) is 7.14 Å². The Kier molecular flexibility index (Phi) is 18.3. The predicted molar refractivity (Wildman–Crippen MR) is 105 cm³/mol. The third-order valence-electron chi connectivity index (χ3n) is 4.00. The van der Waals surface area contributed by atoms with E-state index in [9.17, 15) is 0 Å². The molecule has 0 heterocycles. The Hall–Kier alpha value is 0.440. The number of benzene rings is 3. The van der Waals surface area contributed by atoms with Gasteiger partial charge in [0.2, 0.25) is 0 Å². The van der Waals surface area contributed by atoms with Crippen molar-refractivity contribution >= 4 is 0 Å². The van der Waals surface area contributed by atoms with Crippen LogP contribution in [0.1, 0.15) is 33.4 Å². The second kappa shape index (κ2) is 17.0. The molecule has 0 aliphatic heterocycles. The molecule has 0 bridgehead atoms. The van der Waals surface area contributed by atoms with Crippen LogP contribution < -0.4 is 102 Å². The first-order chi connectivity index (χ1) is 13.8. The number of rotatable bonds is 2. The first-order valence-corrected chi connectivity index (χ1v) is 15.0. The van der Waals surface area contributed by atoms with Gasteiger partial charge in [0.05, 0.1) is 0 Å². The number of aryl methyl sites for hydroxylation is 6. The van der Waals surface area contributed by atoms with E-state index in [-0.39, 0.29) is 67.7 Å². The average molecular weight is 737 g/mol. The first kappa shape index (κ1) is 34.6. The zero-order valence-corrected chi connectivity index (χ0v) is 27.4. The maximum atomic E-state index is 8.62. The van der Waals surface area contributed by atoms with Gasteiger partial charge in [-0.05, 0) is 53.7 Å². The molecule has 3 aromatic rings. The fourth-order valence-corrected chi connectivity index (χ4v) is 5.23.